The second-order valence-electron chi connectivity index (χ2n) is 6.96. The van der Waals surface area contributed by atoms with Gasteiger partial charge in [-0.05, 0) is 43.3 Å². The Balaban J connectivity index is 1.48. The average molecular weight is 469 g/mol. The van der Waals surface area contributed by atoms with Gasteiger partial charge in [-0.3, -0.25) is 9.78 Å². The Kier molecular flexibility index (Phi) is 6.33. The first-order valence-corrected chi connectivity index (χ1v) is 12.0. The van der Waals surface area contributed by atoms with E-state index in [4.69, 9.17) is 4.42 Å². The Bertz CT molecular complexity index is 1390. The molecule has 164 valence electrons. The highest BCUT2D eigenvalue weighted by atomic mass is 32.2. The Morgan fingerprint density at radius 2 is 1.97 bits per heavy atom. The summed E-state index contributed by atoms with van der Waals surface area (Å²) in [6.45, 7) is 2.41. The molecule has 8 nitrogen and oxygen atoms in total. The lowest BCUT2D eigenvalue weighted by molar-refractivity contribution is 0.0920. The monoisotopic (exact) mass is 468 g/mol. The number of hydrogen-bond donors (Lipinski definition) is 1. The van der Waals surface area contributed by atoms with E-state index in [9.17, 15) is 13.2 Å². The first-order chi connectivity index (χ1) is 15.4. The van der Waals surface area contributed by atoms with Gasteiger partial charge < -0.3 is 14.3 Å². The Labute approximate surface area is 189 Å². The van der Waals surface area contributed by atoms with Crippen molar-refractivity contribution >= 4 is 27.3 Å². The van der Waals surface area contributed by atoms with Crippen LogP contribution in [0, 0.1) is 6.92 Å². The van der Waals surface area contributed by atoms with E-state index in [2.05, 4.69) is 14.7 Å². The third kappa shape index (κ3) is 5.21. The second kappa shape index (κ2) is 9.33. The van der Waals surface area contributed by atoms with Gasteiger partial charge in [-0.25, -0.2) is 0 Å². The summed E-state index contributed by atoms with van der Waals surface area (Å²) in [6.07, 6.45) is 3.38. The highest BCUT2D eigenvalue weighted by molar-refractivity contribution is 7.90. The standard InChI is InChI=1S/C22H20N4O4S2/c1-16-5-8-19(9-6-16)32(28,29)25-22-26(12-13-31-22)15-18-7-10-20(30-18)21(27)24-14-17-4-2-3-11-23-17/h2-13H,14-15H2,1H3,(H,24,27). The van der Waals surface area contributed by atoms with Crippen molar-refractivity contribution < 1.29 is 17.6 Å². The largest absolute Gasteiger partial charge is 0.454 e. The van der Waals surface area contributed by atoms with E-state index in [1.54, 1.807) is 52.7 Å². The van der Waals surface area contributed by atoms with E-state index in [1.807, 2.05) is 19.1 Å². The number of carbonyl (C=O) groups is 1. The van der Waals surface area contributed by atoms with Crippen molar-refractivity contribution in [3.05, 3.63) is 100.0 Å². The average Bonchev–Trinajstić information content (AvgIpc) is 3.43. The van der Waals surface area contributed by atoms with Gasteiger partial charge in [0, 0.05) is 17.8 Å². The van der Waals surface area contributed by atoms with Gasteiger partial charge >= 0.3 is 0 Å². The van der Waals surface area contributed by atoms with E-state index < -0.39 is 10.0 Å². The van der Waals surface area contributed by atoms with Crippen LogP contribution in [0.15, 0.2) is 86.1 Å². The molecule has 0 radical (unpaired) electrons. The molecule has 1 amide bonds. The quantitative estimate of drug-likeness (QED) is 0.449. The van der Waals surface area contributed by atoms with Crippen molar-refractivity contribution in [3.8, 4) is 0 Å². The number of rotatable bonds is 7. The lowest BCUT2D eigenvalue weighted by Gasteiger charge is -2.03. The van der Waals surface area contributed by atoms with Crippen LogP contribution in [-0.4, -0.2) is 23.9 Å². The third-order valence-corrected chi connectivity index (χ3v) is 6.74. The van der Waals surface area contributed by atoms with E-state index >= 15 is 0 Å². The van der Waals surface area contributed by atoms with Crippen molar-refractivity contribution in [1.29, 1.82) is 0 Å². The summed E-state index contributed by atoms with van der Waals surface area (Å²) in [5.74, 6) is 0.308. The van der Waals surface area contributed by atoms with Crippen LogP contribution in [0.1, 0.15) is 27.6 Å². The summed E-state index contributed by atoms with van der Waals surface area (Å²) in [4.78, 5) is 16.9. The summed E-state index contributed by atoms with van der Waals surface area (Å²) in [6, 6.07) is 15.3. The fourth-order valence-electron chi connectivity index (χ4n) is 2.87. The van der Waals surface area contributed by atoms with Crippen molar-refractivity contribution in [2.75, 3.05) is 0 Å². The van der Waals surface area contributed by atoms with Crippen LogP contribution < -0.4 is 10.1 Å². The summed E-state index contributed by atoms with van der Waals surface area (Å²) >= 11 is 1.20. The van der Waals surface area contributed by atoms with Crippen LogP contribution in [0.2, 0.25) is 0 Å². The molecular weight excluding hydrogens is 448 g/mol. The van der Waals surface area contributed by atoms with Gasteiger partial charge in [-0.15, -0.1) is 15.7 Å². The normalized spacial score (nSPS) is 12.1. The van der Waals surface area contributed by atoms with Crippen molar-refractivity contribution in [2.24, 2.45) is 4.40 Å². The molecule has 0 saturated heterocycles. The highest BCUT2D eigenvalue weighted by Crippen LogP contribution is 2.14. The SMILES string of the molecule is Cc1ccc(S(=O)(=O)N=c2sccn2Cc2ccc(C(=O)NCc3ccccn3)o2)cc1. The lowest BCUT2D eigenvalue weighted by atomic mass is 10.2. The van der Waals surface area contributed by atoms with Crippen molar-refractivity contribution in [2.45, 2.75) is 24.9 Å². The molecule has 0 aliphatic heterocycles. The lowest BCUT2D eigenvalue weighted by Crippen LogP contribution is -2.22. The van der Waals surface area contributed by atoms with E-state index in [-0.39, 0.29) is 29.7 Å². The van der Waals surface area contributed by atoms with Crippen molar-refractivity contribution in [3.63, 3.8) is 0 Å². The van der Waals surface area contributed by atoms with Crippen LogP contribution >= 0.6 is 11.3 Å². The smallest absolute Gasteiger partial charge is 0.287 e. The minimum Gasteiger partial charge on any atom is -0.454 e. The zero-order valence-electron chi connectivity index (χ0n) is 17.1. The molecule has 0 saturated carbocycles. The molecule has 1 N–H and O–H groups in total. The van der Waals surface area contributed by atoms with Crippen LogP contribution in [0.3, 0.4) is 0 Å². The van der Waals surface area contributed by atoms with Gasteiger partial charge in [-0.2, -0.15) is 8.42 Å². The molecule has 0 aliphatic carbocycles. The van der Waals surface area contributed by atoms with Crippen LogP contribution in [-0.2, 0) is 23.1 Å². The molecule has 0 fully saturated rings. The van der Waals surface area contributed by atoms with Gasteiger partial charge in [0.2, 0.25) is 4.80 Å². The molecule has 4 aromatic rings. The number of aryl methyl sites for hydroxylation is 1. The van der Waals surface area contributed by atoms with E-state index in [0.717, 1.165) is 11.3 Å². The molecule has 0 bridgehead atoms. The summed E-state index contributed by atoms with van der Waals surface area (Å²) < 4.78 is 36.6. The fourth-order valence-corrected chi connectivity index (χ4v) is 4.82. The molecule has 10 heteroatoms. The molecule has 0 atom stereocenters. The first kappa shape index (κ1) is 21.7. The summed E-state index contributed by atoms with van der Waals surface area (Å²) in [7, 11) is -3.84. The van der Waals surface area contributed by atoms with Crippen molar-refractivity contribution in [1.82, 2.24) is 14.9 Å². The first-order valence-electron chi connectivity index (χ1n) is 9.69. The van der Waals surface area contributed by atoms with E-state index in [1.165, 1.54) is 23.5 Å². The molecule has 0 spiro atoms. The van der Waals surface area contributed by atoms with Gasteiger partial charge in [0.15, 0.2) is 5.76 Å². The molecule has 1 aromatic carbocycles. The number of benzene rings is 1. The number of nitrogens with zero attached hydrogens (tertiary/aromatic N) is 3. The Hall–Kier alpha value is -3.50. The number of amides is 1. The van der Waals surface area contributed by atoms with Crippen LogP contribution in [0.4, 0.5) is 0 Å². The predicted molar refractivity (Wildman–Crippen MR) is 119 cm³/mol. The highest BCUT2D eigenvalue weighted by Gasteiger charge is 2.15. The molecular formula is C22H20N4O4S2. The number of furan rings is 1. The number of carbonyl (C=O) groups excluding carboxylic acids is 1. The Morgan fingerprint density at radius 3 is 2.72 bits per heavy atom. The number of pyridine rings is 1. The minimum absolute atomic E-state index is 0.132. The van der Waals surface area contributed by atoms with Crippen LogP contribution in [0.25, 0.3) is 0 Å². The van der Waals surface area contributed by atoms with E-state index in [0.29, 0.717) is 10.6 Å². The maximum absolute atomic E-state index is 12.6. The maximum Gasteiger partial charge on any atom is 0.287 e. The summed E-state index contributed by atoms with van der Waals surface area (Å²) in [5, 5.41) is 4.50. The minimum atomic E-state index is -3.84. The van der Waals surface area contributed by atoms with Gasteiger partial charge in [-0.1, -0.05) is 23.8 Å². The molecule has 3 heterocycles. The Morgan fingerprint density at radius 1 is 1.16 bits per heavy atom. The molecule has 4 rings (SSSR count). The molecule has 32 heavy (non-hydrogen) atoms. The van der Waals surface area contributed by atoms with Gasteiger partial charge in [0.05, 0.1) is 23.7 Å². The summed E-state index contributed by atoms with van der Waals surface area (Å²) in [5.41, 5.74) is 1.70. The number of aromatic nitrogens is 2. The third-order valence-electron chi connectivity index (χ3n) is 4.54. The second-order valence-corrected chi connectivity index (χ2v) is 9.44. The maximum atomic E-state index is 12.6. The van der Waals surface area contributed by atoms with Gasteiger partial charge in [0.25, 0.3) is 15.9 Å². The van der Waals surface area contributed by atoms with Crippen LogP contribution in [0.5, 0.6) is 0 Å². The number of sulfonamides is 1. The number of hydrogen-bond acceptors (Lipinski definition) is 6. The molecule has 0 aliphatic rings. The number of nitrogens with one attached hydrogen (secondary N) is 1. The van der Waals surface area contributed by atoms with Gasteiger partial charge in [0.1, 0.15) is 5.76 Å². The molecule has 0 unspecified atom stereocenters. The fraction of sp³-hybridized carbons (Fsp3) is 0.136. The zero-order valence-corrected chi connectivity index (χ0v) is 18.8. The molecule has 3 aromatic heterocycles. The predicted octanol–water partition coefficient (Wildman–Crippen LogP) is 3.11. The topological polar surface area (TPSA) is 107 Å². The zero-order chi connectivity index (χ0) is 22.6. The number of thiazole rings is 1.